The quantitative estimate of drug-likeness (QED) is 0.870. The molecule has 0 saturated heterocycles. The second kappa shape index (κ2) is 5.75. The number of benzene rings is 2. The first-order valence-corrected chi connectivity index (χ1v) is 7.04. The van der Waals surface area contributed by atoms with Gasteiger partial charge in [-0.15, -0.1) is 0 Å². The second-order valence-electron chi connectivity index (χ2n) is 5.31. The lowest BCUT2D eigenvalue weighted by Crippen LogP contribution is -2.39. The highest BCUT2D eigenvalue weighted by atomic mass is 19.1. The minimum absolute atomic E-state index is 0.0339. The molecule has 114 valence electrons. The summed E-state index contributed by atoms with van der Waals surface area (Å²) in [5.41, 5.74) is 1.97. The molecule has 0 bridgehead atoms. The Labute approximate surface area is 127 Å². The van der Waals surface area contributed by atoms with Crippen LogP contribution in [0.5, 0.6) is 5.75 Å². The number of fused-ring (bicyclic) bond motifs is 1. The van der Waals surface area contributed by atoms with E-state index in [2.05, 4.69) is 0 Å². The highest BCUT2D eigenvalue weighted by molar-refractivity contribution is 5.97. The molecule has 3 nitrogen and oxygen atoms in total. The van der Waals surface area contributed by atoms with Crippen molar-refractivity contribution in [3.8, 4) is 5.75 Å². The van der Waals surface area contributed by atoms with Crippen molar-refractivity contribution in [2.75, 3.05) is 11.5 Å². The van der Waals surface area contributed by atoms with Gasteiger partial charge in [0.25, 0.3) is 5.91 Å². The molecule has 0 N–H and O–H groups in total. The van der Waals surface area contributed by atoms with Crippen LogP contribution in [0.25, 0.3) is 0 Å². The molecule has 1 atom stereocenters. The molecular formula is C17H15F2NO2. The Morgan fingerprint density at radius 1 is 1.27 bits per heavy atom. The van der Waals surface area contributed by atoms with Crippen LogP contribution >= 0.6 is 0 Å². The average molecular weight is 303 g/mol. The zero-order chi connectivity index (χ0) is 15.7. The van der Waals surface area contributed by atoms with Gasteiger partial charge in [0.1, 0.15) is 5.82 Å². The van der Waals surface area contributed by atoms with E-state index in [1.54, 1.807) is 4.90 Å². The Morgan fingerprint density at radius 2 is 2.05 bits per heavy atom. The van der Waals surface area contributed by atoms with E-state index in [9.17, 15) is 13.6 Å². The number of rotatable bonds is 3. The SMILES string of the molecule is CC1Cc2ccccc2N1C(=O)COc1ccc(F)cc1F. The standard InChI is InChI=1S/C17H15F2NO2/c1-11-8-12-4-2-3-5-15(12)20(11)17(21)10-22-16-7-6-13(18)9-14(16)19/h2-7,9,11H,8,10H2,1H3. The Balaban J connectivity index is 1.72. The number of ether oxygens (including phenoxy) is 1. The summed E-state index contributed by atoms with van der Waals surface area (Å²) in [7, 11) is 0. The van der Waals surface area contributed by atoms with E-state index in [1.807, 2.05) is 31.2 Å². The van der Waals surface area contributed by atoms with Crippen LogP contribution in [0.1, 0.15) is 12.5 Å². The highest BCUT2D eigenvalue weighted by Gasteiger charge is 2.30. The van der Waals surface area contributed by atoms with E-state index in [0.29, 0.717) is 0 Å². The molecule has 1 unspecified atom stereocenters. The second-order valence-corrected chi connectivity index (χ2v) is 5.31. The van der Waals surface area contributed by atoms with Gasteiger partial charge < -0.3 is 9.64 Å². The number of amides is 1. The lowest BCUT2D eigenvalue weighted by molar-refractivity contribution is -0.120. The summed E-state index contributed by atoms with van der Waals surface area (Å²) in [6, 6.07) is 10.7. The van der Waals surface area contributed by atoms with E-state index in [-0.39, 0.29) is 24.3 Å². The normalized spacial score (nSPS) is 16.5. The molecule has 0 radical (unpaired) electrons. The number of halogens is 2. The molecular weight excluding hydrogens is 288 g/mol. The van der Waals surface area contributed by atoms with Crippen LogP contribution in [0, 0.1) is 11.6 Å². The molecule has 5 heteroatoms. The summed E-state index contributed by atoms with van der Waals surface area (Å²) in [5.74, 6) is -1.88. The number of anilines is 1. The maximum atomic E-state index is 13.5. The maximum absolute atomic E-state index is 13.5. The van der Waals surface area contributed by atoms with Gasteiger partial charge in [-0.3, -0.25) is 4.79 Å². The molecule has 2 aromatic carbocycles. The van der Waals surface area contributed by atoms with Crippen molar-refractivity contribution in [1.82, 2.24) is 0 Å². The fourth-order valence-corrected chi connectivity index (χ4v) is 2.75. The van der Waals surface area contributed by atoms with Crippen LogP contribution in [-0.2, 0) is 11.2 Å². The van der Waals surface area contributed by atoms with Gasteiger partial charge in [0.05, 0.1) is 0 Å². The van der Waals surface area contributed by atoms with Gasteiger partial charge >= 0.3 is 0 Å². The van der Waals surface area contributed by atoms with Crippen molar-refractivity contribution >= 4 is 11.6 Å². The molecule has 1 aliphatic rings. The Kier molecular flexibility index (Phi) is 3.79. The van der Waals surface area contributed by atoms with E-state index in [4.69, 9.17) is 4.74 Å². The Morgan fingerprint density at radius 3 is 2.82 bits per heavy atom. The molecule has 3 rings (SSSR count). The number of hydrogen-bond donors (Lipinski definition) is 0. The highest BCUT2D eigenvalue weighted by Crippen LogP contribution is 2.31. The van der Waals surface area contributed by atoms with Crippen LogP contribution < -0.4 is 9.64 Å². The van der Waals surface area contributed by atoms with Crippen LogP contribution in [0.15, 0.2) is 42.5 Å². The molecule has 0 aliphatic carbocycles. The smallest absolute Gasteiger partial charge is 0.265 e. The van der Waals surface area contributed by atoms with Crippen LogP contribution in [0.3, 0.4) is 0 Å². The third-order valence-electron chi connectivity index (χ3n) is 3.72. The lowest BCUT2D eigenvalue weighted by Gasteiger charge is -2.22. The van der Waals surface area contributed by atoms with Crippen molar-refractivity contribution < 1.29 is 18.3 Å². The zero-order valence-corrected chi connectivity index (χ0v) is 12.1. The first-order valence-electron chi connectivity index (χ1n) is 7.04. The van der Waals surface area contributed by atoms with Gasteiger partial charge in [-0.1, -0.05) is 18.2 Å². The van der Waals surface area contributed by atoms with Crippen molar-refractivity contribution in [2.45, 2.75) is 19.4 Å². The first kappa shape index (κ1) is 14.5. The van der Waals surface area contributed by atoms with Crippen molar-refractivity contribution in [3.63, 3.8) is 0 Å². The number of nitrogens with zero attached hydrogens (tertiary/aromatic N) is 1. The molecule has 0 spiro atoms. The predicted molar refractivity (Wildman–Crippen MR) is 78.9 cm³/mol. The third-order valence-corrected chi connectivity index (χ3v) is 3.72. The van der Waals surface area contributed by atoms with E-state index in [0.717, 1.165) is 29.8 Å². The minimum Gasteiger partial charge on any atom is -0.481 e. The average Bonchev–Trinajstić information content (AvgIpc) is 2.82. The molecule has 0 saturated carbocycles. The van der Waals surface area contributed by atoms with Gasteiger partial charge in [-0.25, -0.2) is 8.78 Å². The Bertz CT molecular complexity index is 718. The Hall–Kier alpha value is -2.43. The minimum atomic E-state index is -0.817. The maximum Gasteiger partial charge on any atom is 0.265 e. The number of carbonyl (C=O) groups is 1. The summed E-state index contributed by atoms with van der Waals surface area (Å²) in [6.45, 7) is 1.66. The zero-order valence-electron chi connectivity index (χ0n) is 12.1. The molecule has 1 aliphatic heterocycles. The van der Waals surface area contributed by atoms with Crippen molar-refractivity contribution in [3.05, 3.63) is 59.7 Å². The summed E-state index contributed by atoms with van der Waals surface area (Å²) in [6.07, 6.45) is 0.785. The number of hydrogen-bond acceptors (Lipinski definition) is 2. The predicted octanol–water partition coefficient (Wildman–Crippen LogP) is 3.32. The summed E-state index contributed by atoms with van der Waals surface area (Å²) in [5, 5.41) is 0. The van der Waals surface area contributed by atoms with Crippen LogP contribution in [0.2, 0.25) is 0 Å². The van der Waals surface area contributed by atoms with Gasteiger partial charge in [0.2, 0.25) is 0 Å². The molecule has 2 aromatic rings. The molecule has 0 fully saturated rings. The summed E-state index contributed by atoms with van der Waals surface area (Å²) >= 11 is 0. The molecule has 1 heterocycles. The van der Waals surface area contributed by atoms with E-state index < -0.39 is 11.6 Å². The molecule has 22 heavy (non-hydrogen) atoms. The van der Waals surface area contributed by atoms with Gasteiger partial charge in [-0.05, 0) is 37.1 Å². The van der Waals surface area contributed by atoms with Crippen molar-refractivity contribution in [1.29, 1.82) is 0 Å². The first-order chi connectivity index (χ1) is 10.6. The van der Waals surface area contributed by atoms with E-state index >= 15 is 0 Å². The summed E-state index contributed by atoms with van der Waals surface area (Å²) < 4.78 is 31.5. The third kappa shape index (κ3) is 2.66. The monoisotopic (exact) mass is 303 g/mol. The number of para-hydroxylation sites is 1. The van der Waals surface area contributed by atoms with Gasteiger partial charge in [0.15, 0.2) is 18.2 Å². The van der Waals surface area contributed by atoms with Gasteiger partial charge in [-0.2, -0.15) is 0 Å². The van der Waals surface area contributed by atoms with Gasteiger partial charge in [0, 0.05) is 17.8 Å². The number of carbonyl (C=O) groups excluding carboxylic acids is 1. The fourth-order valence-electron chi connectivity index (χ4n) is 2.75. The fraction of sp³-hybridized carbons (Fsp3) is 0.235. The van der Waals surface area contributed by atoms with E-state index in [1.165, 1.54) is 6.07 Å². The largest absolute Gasteiger partial charge is 0.481 e. The molecule has 0 aromatic heterocycles. The van der Waals surface area contributed by atoms with Crippen LogP contribution in [-0.4, -0.2) is 18.6 Å². The topological polar surface area (TPSA) is 29.5 Å². The van der Waals surface area contributed by atoms with Crippen molar-refractivity contribution in [2.24, 2.45) is 0 Å². The van der Waals surface area contributed by atoms with Crippen LogP contribution in [0.4, 0.5) is 14.5 Å². The lowest BCUT2D eigenvalue weighted by atomic mass is 10.1. The summed E-state index contributed by atoms with van der Waals surface area (Å²) in [4.78, 5) is 14.0. The molecule has 1 amide bonds.